The molecule has 0 aliphatic carbocycles. The number of anilines is 3. The van der Waals surface area contributed by atoms with Crippen molar-refractivity contribution in [1.82, 2.24) is 9.97 Å². The predicted octanol–water partition coefficient (Wildman–Crippen LogP) is 4.15. The Morgan fingerprint density at radius 2 is 2.17 bits per heavy atom. The smallest absolute Gasteiger partial charge is 0.259 e. The molecule has 2 N–H and O–H groups in total. The number of benzene rings is 1. The number of aromatic nitrogens is 2. The van der Waals surface area contributed by atoms with Gasteiger partial charge in [0.25, 0.3) is 5.56 Å². The number of ether oxygens (including phenoxy) is 1. The van der Waals surface area contributed by atoms with E-state index in [-0.39, 0.29) is 11.7 Å². The Kier molecular flexibility index (Phi) is 5.53. The summed E-state index contributed by atoms with van der Waals surface area (Å²) >= 11 is 0. The average molecular weight is 393 g/mol. The number of hydrogen-bond donors (Lipinski definition) is 2. The van der Waals surface area contributed by atoms with E-state index in [1.165, 1.54) is 11.3 Å². The lowest BCUT2D eigenvalue weighted by atomic mass is 10.1. The molecule has 0 bridgehead atoms. The van der Waals surface area contributed by atoms with Gasteiger partial charge < -0.3 is 19.9 Å². The largest absolute Gasteiger partial charge is 0.375 e. The summed E-state index contributed by atoms with van der Waals surface area (Å²) in [5.41, 5.74) is 4.20. The number of hydrogen-bond acceptors (Lipinski definition) is 5. The van der Waals surface area contributed by atoms with Gasteiger partial charge >= 0.3 is 0 Å². The standard InChI is InChI=1S/C23H28N4O2/c1-4-5-18-13-17-8-9-24-23(28)21(17)22(25-18)26-19-6-7-20(15(2)12-19)27-10-11-29-16(3)14-27/h6-9,12-13,16H,4-5,10-11,14H2,1-3H3,(H,24,28)(H,25,26). The molecular weight excluding hydrogens is 364 g/mol. The summed E-state index contributed by atoms with van der Waals surface area (Å²) in [6.45, 7) is 8.91. The lowest BCUT2D eigenvalue weighted by Crippen LogP contribution is -2.41. The van der Waals surface area contributed by atoms with Gasteiger partial charge in [-0.2, -0.15) is 0 Å². The van der Waals surface area contributed by atoms with Crippen LogP contribution in [0.15, 0.2) is 41.3 Å². The van der Waals surface area contributed by atoms with Gasteiger partial charge in [0.2, 0.25) is 0 Å². The lowest BCUT2D eigenvalue weighted by molar-refractivity contribution is 0.0532. The third kappa shape index (κ3) is 4.12. The Hall–Kier alpha value is -2.86. The summed E-state index contributed by atoms with van der Waals surface area (Å²) in [5.74, 6) is 0.611. The zero-order chi connectivity index (χ0) is 20.4. The second-order valence-electron chi connectivity index (χ2n) is 7.74. The fourth-order valence-electron chi connectivity index (χ4n) is 4.01. The second kappa shape index (κ2) is 8.25. The Labute approximate surface area is 170 Å². The molecule has 1 aromatic carbocycles. The minimum absolute atomic E-state index is 0.129. The summed E-state index contributed by atoms with van der Waals surface area (Å²) < 4.78 is 5.66. The minimum atomic E-state index is -0.129. The van der Waals surface area contributed by atoms with Crippen LogP contribution >= 0.6 is 0 Å². The number of nitrogens with one attached hydrogen (secondary N) is 2. The Morgan fingerprint density at radius 1 is 1.31 bits per heavy atom. The highest BCUT2D eigenvalue weighted by Gasteiger charge is 2.18. The maximum absolute atomic E-state index is 12.5. The molecule has 4 rings (SSSR count). The van der Waals surface area contributed by atoms with Gasteiger partial charge in [0.15, 0.2) is 0 Å². The summed E-state index contributed by atoms with van der Waals surface area (Å²) in [5, 5.41) is 4.89. The second-order valence-corrected chi connectivity index (χ2v) is 7.74. The van der Waals surface area contributed by atoms with Crippen molar-refractivity contribution in [2.75, 3.05) is 29.9 Å². The van der Waals surface area contributed by atoms with E-state index in [0.717, 1.165) is 49.3 Å². The lowest BCUT2D eigenvalue weighted by Gasteiger charge is -2.34. The van der Waals surface area contributed by atoms with Crippen LogP contribution in [0.1, 0.15) is 31.5 Å². The van der Waals surface area contributed by atoms with E-state index in [4.69, 9.17) is 9.72 Å². The van der Waals surface area contributed by atoms with Gasteiger partial charge in [0.05, 0.1) is 18.1 Å². The Bertz CT molecular complexity index is 1080. The third-order valence-corrected chi connectivity index (χ3v) is 5.35. The van der Waals surface area contributed by atoms with Gasteiger partial charge in [-0.3, -0.25) is 4.79 Å². The summed E-state index contributed by atoms with van der Waals surface area (Å²) in [7, 11) is 0. The van der Waals surface area contributed by atoms with Crippen LogP contribution < -0.4 is 15.8 Å². The van der Waals surface area contributed by atoms with E-state index in [1.807, 2.05) is 12.1 Å². The van der Waals surface area contributed by atoms with Gasteiger partial charge in [-0.15, -0.1) is 0 Å². The highest BCUT2D eigenvalue weighted by atomic mass is 16.5. The number of H-pyrrole nitrogens is 1. The van der Waals surface area contributed by atoms with E-state index in [1.54, 1.807) is 6.20 Å². The third-order valence-electron chi connectivity index (χ3n) is 5.35. The molecule has 1 unspecified atom stereocenters. The van der Waals surface area contributed by atoms with Crippen LogP contribution in [0, 0.1) is 6.92 Å². The van der Waals surface area contributed by atoms with Crippen molar-refractivity contribution in [3.05, 3.63) is 58.1 Å². The highest BCUT2D eigenvalue weighted by Crippen LogP contribution is 2.28. The molecule has 0 radical (unpaired) electrons. The van der Waals surface area contributed by atoms with Crippen LogP contribution in [0.2, 0.25) is 0 Å². The van der Waals surface area contributed by atoms with Crippen molar-refractivity contribution in [2.45, 2.75) is 39.7 Å². The molecule has 3 heterocycles. The summed E-state index contributed by atoms with van der Waals surface area (Å²) in [6.07, 6.45) is 3.81. The fourth-order valence-corrected chi connectivity index (χ4v) is 4.01. The van der Waals surface area contributed by atoms with Crippen LogP contribution in [-0.4, -0.2) is 35.8 Å². The topological polar surface area (TPSA) is 70.2 Å². The SMILES string of the molecule is CCCc1cc2cc[nH]c(=O)c2c(Nc2ccc(N3CCOC(C)C3)c(C)c2)n1. The van der Waals surface area contributed by atoms with Crippen molar-refractivity contribution in [1.29, 1.82) is 0 Å². The Morgan fingerprint density at radius 3 is 2.93 bits per heavy atom. The molecule has 1 atom stereocenters. The van der Waals surface area contributed by atoms with Crippen molar-refractivity contribution in [3.8, 4) is 0 Å². The van der Waals surface area contributed by atoms with E-state index >= 15 is 0 Å². The van der Waals surface area contributed by atoms with Crippen molar-refractivity contribution >= 4 is 28.0 Å². The first-order valence-corrected chi connectivity index (χ1v) is 10.3. The number of fused-ring (bicyclic) bond motifs is 1. The van der Waals surface area contributed by atoms with Gasteiger partial charge in [-0.25, -0.2) is 4.98 Å². The molecule has 0 saturated carbocycles. The monoisotopic (exact) mass is 392 g/mol. The highest BCUT2D eigenvalue weighted by molar-refractivity contribution is 5.93. The summed E-state index contributed by atoms with van der Waals surface area (Å²) in [6, 6.07) is 10.2. The number of rotatable bonds is 5. The van der Waals surface area contributed by atoms with E-state index in [2.05, 4.69) is 54.2 Å². The van der Waals surface area contributed by atoms with Crippen LogP contribution in [0.25, 0.3) is 10.8 Å². The molecule has 3 aromatic rings. The number of aryl methyl sites for hydroxylation is 2. The van der Waals surface area contributed by atoms with E-state index < -0.39 is 0 Å². The number of morpholine rings is 1. The quantitative estimate of drug-likeness (QED) is 0.682. The normalized spacial score (nSPS) is 16.9. The first-order valence-electron chi connectivity index (χ1n) is 10.3. The van der Waals surface area contributed by atoms with Crippen LogP contribution in [-0.2, 0) is 11.2 Å². The van der Waals surface area contributed by atoms with Crippen LogP contribution in [0.4, 0.5) is 17.2 Å². The molecule has 2 aromatic heterocycles. The van der Waals surface area contributed by atoms with Gasteiger partial charge in [-0.05, 0) is 61.5 Å². The molecule has 1 saturated heterocycles. The van der Waals surface area contributed by atoms with E-state index in [9.17, 15) is 4.79 Å². The van der Waals surface area contributed by atoms with Gasteiger partial charge in [0.1, 0.15) is 5.82 Å². The maximum atomic E-state index is 12.5. The first-order chi connectivity index (χ1) is 14.0. The zero-order valence-corrected chi connectivity index (χ0v) is 17.3. The average Bonchev–Trinajstić information content (AvgIpc) is 2.68. The minimum Gasteiger partial charge on any atom is -0.375 e. The van der Waals surface area contributed by atoms with Crippen LogP contribution in [0.3, 0.4) is 0 Å². The molecule has 1 aliphatic heterocycles. The molecule has 1 fully saturated rings. The first kappa shape index (κ1) is 19.5. The van der Waals surface area contributed by atoms with E-state index in [0.29, 0.717) is 11.2 Å². The molecule has 29 heavy (non-hydrogen) atoms. The molecule has 0 amide bonds. The number of aromatic amines is 1. The molecule has 6 nitrogen and oxygen atoms in total. The molecule has 1 aliphatic rings. The van der Waals surface area contributed by atoms with Crippen molar-refractivity contribution in [2.24, 2.45) is 0 Å². The van der Waals surface area contributed by atoms with Crippen molar-refractivity contribution < 1.29 is 4.74 Å². The fraction of sp³-hybridized carbons (Fsp3) is 0.391. The maximum Gasteiger partial charge on any atom is 0.259 e. The van der Waals surface area contributed by atoms with Crippen LogP contribution in [0.5, 0.6) is 0 Å². The zero-order valence-electron chi connectivity index (χ0n) is 17.3. The number of pyridine rings is 2. The van der Waals surface area contributed by atoms with Gasteiger partial charge in [0, 0.05) is 36.4 Å². The molecule has 0 spiro atoms. The molecule has 152 valence electrons. The Balaban J connectivity index is 1.68. The van der Waals surface area contributed by atoms with Gasteiger partial charge in [-0.1, -0.05) is 13.3 Å². The number of nitrogens with zero attached hydrogens (tertiary/aromatic N) is 2. The molecule has 6 heteroatoms. The molecular formula is C23H28N4O2. The predicted molar refractivity (Wildman–Crippen MR) is 118 cm³/mol. The summed E-state index contributed by atoms with van der Waals surface area (Å²) in [4.78, 5) is 22.3. The van der Waals surface area contributed by atoms with Crippen molar-refractivity contribution in [3.63, 3.8) is 0 Å².